The molecule has 0 spiro atoms. The first kappa shape index (κ1) is 24.2. The number of nitrogens with one attached hydrogen (secondary N) is 1. The molecule has 36 heavy (non-hydrogen) atoms. The quantitative estimate of drug-likeness (QED) is 0.469. The number of hydrogen-bond donors (Lipinski definition) is 1. The third-order valence-corrected chi connectivity index (χ3v) is 7.29. The molecule has 0 aliphatic carbocycles. The van der Waals surface area contributed by atoms with Gasteiger partial charge in [-0.1, -0.05) is 23.8 Å². The summed E-state index contributed by atoms with van der Waals surface area (Å²) in [6.07, 6.45) is 0. The predicted molar refractivity (Wildman–Crippen MR) is 144 cm³/mol. The van der Waals surface area contributed by atoms with E-state index in [1.807, 2.05) is 22.9 Å². The Hall–Kier alpha value is -3.52. The van der Waals surface area contributed by atoms with Crippen molar-refractivity contribution in [2.75, 3.05) is 31.1 Å². The van der Waals surface area contributed by atoms with Crippen LogP contribution in [0.25, 0.3) is 10.9 Å². The smallest absolute Gasteiger partial charge is 0.253 e. The minimum Gasteiger partial charge on any atom is -0.369 e. The second kappa shape index (κ2) is 9.17. The summed E-state index contributed by atoms with van der Waals surface area (Å²) in [4.78, 5) is 21.3. The molecule has 8 heteroatoms. The fraction of sp³-hybridized carbons (Fsp3) is 0.429. The van der Waals surface area contributed by atoms with Crippen LogP contribution in [0.2, 0.25) is 0 Å². The van der Waals surface area contributed by atoms with Crippen molar-refractivity contribution >= 4 is 16.6 Å². The normalized spacial score (nSPS) is 16.0. The van der Waals surface area contributed by atoms with Crippen LogP contribution in [0.5, 0.6) is 0 Å². The molecule has 1 aliphatic rings. The van der Waals surface area contributed by atoms with Gasteiger partial charge in [0, 0.05) is 42.9 Å². The van der Waals surface area contributed by atoms with Gasteiger partial charge in [0.05, 0.1) is 5.54 Å². The van der Waals surface area contributed by atoms with Crippen LogP contribution in [0.1, 0.15) is 54.9 Å². The number of piperazine rings is 1. The van der Waals surface area contributed by atoms with Crippen molar-refractivity contribution in [1.29, 1.82) is 0 Å². The Morgan fingerprint density at radius 1 is 0.972 bits per heavy atom. The first-order valence-corrected chi connectivity index (χ1v) is 12.6. The molecule has 0 amide bonds. The Morgan fingerprint density at radius 2 is 1.72 bits per heavy atom. The lowest BCUT2D eigenvalue weighted by atomic mass is 10.00. The van der Waals surface area contributed by atoms with Gasteiger partial charge in [-0.15, -0.1) is 5.10 Å². The first-order chi connectivity index (χ1) is 17.1. The monoisotopic (exact) mass is 485 g/mol. The summed E-state index contributed by atoms with van der Waals surface area (Å²) >= 11 is 0. The van der Waals surface area contributed by atoms with Crippen LogP contribution in [-0.4, -0.2) is 56.3 Å². The standard InChI is InChI=1S/C28H35N7O/c1-18-10-11-23-21(16-18)17-22(27(36)29-23)25(26-30-31-32-35(26)28(4,5)6)34-14-12-33(13-15-34)24-9-7-8-19(2)20(24)3/h7-11,16-17,25H,12-15H2,1-6H3,(H,29,36)/t25-/m0/s1. The van der Waals surface area contributed by atoms with E-state index in [0.717, 1.165) is 42.6 Å². The van der Waals surface area contributed by atoms with E-state index in [-0.39, 0.29) is 17.1 Å². The number of rotatable bonds is 4. The average Bonchev–Trinajstić information content (AvgIpc) is 3.32. The SMILES string of the molecule is Cc1ccc2[nH]c(=O)c([C@@H](c3nnnn3C(C)(C)C)N3CCN(c4cccc(C)c4C)CC3)cc2c1. The molecule has 1 saturated heterocycles. The maximum Gasteiger partial charge on any atom is 0.253 e. The van der Waals surface area contributed by atoms with E-state index in [9.17, 15) is 4.79 Å². The van der Waals surface area contributed by atoms with Crippen LogP contribution in [0, 0.1) is 20.8 Å². The molecule has 2 aromatic carbocycles. The molecule has 2 aromatic heterocycles. The number of benzene rings is 2. The molecule has 1 fully saturated rings. The second-order valence-corrected chi connectivity index (χ2v) is 10.9. The number of tetrazole rings is 1. The molecule has 188 valence electrons. The van der Waals surface area contributed by atoms with Crippen molar-refractivity contribution in [2.45, 2.75) is 53.1 Å². The van der Waals surface area contributed by atoms with Crippen LogP contribution in [0.3, 0.4) is 0 Å². The zero-order chi connectivity index (χ0) is 25.6. The molecule has 1 N–H and O–H groups in total. The average molecular weight is 486 g/mol. The topological polar surface area (TPSA) is 82.9 Å². The highest BCUT2D eigenvalue weighted by molar-refractivity contribution is 5.79. The molecule has 3 heterocycles. The molecular formula is C28H35N7O. The molecule has 8 nitrogen and oxygen atoms in total. The number of aromatic nitrogens is 5. The van der Waals surface area contributed by atoms with Crippen LogP contribution in [-0.2, 0) is 5.54 Å². The number of H-pyrrole nitrogens is 1. The maximum absolute atomic E-state index is 13.5. The fourth-order valence-electron chi connectivity index (χ4n) is 5.19. The summed E-state index contributed by atoms with van der Waals surface area (Å²) in [5.74, 6) is 0.695. The summed E-state index contributed by atoms with van der Waals surface area (Å²) < 4.78 is 1.86. The molecule has 1 aliphatic heterocycles. The van der Waals surface area contributed by atoms with Crippen molar-refractivity contribution in [2.24, 2.45) is 0 Å². The van der Waals surface area contributed by atoms with Crippen LogP contribution in [0.15, 0.2) is 47.3 Å². The number of aromatic amines is 1. The van der Waals surface area contributed by atoms with Gasteiger partial charge in [0.15, 0.2) is 5.82 Å². The van der Waals surface area contributed by atoms with E-state index in [4.69, 9.17) is 0 Å². The van der Waals surface area contributed by atoms with Gasteiger partial charge in [0.25, 0.3) is 5.56 Å². The lowest BCUT2D eigenvalue weighted by Gasteiger charge is -2.40. The van der Waals surface area contributed by atoms with Gasteiger partial charge in [-0.25, -0.2) is 4.68 Å². The molecule has 0 saturated carbocycles. The van der Waals surface area contributed by atoms with Crippen LogP contribution < -0.4 is 10.5 Å². The number of anilines is 1. The zero-order valence-corrected chi connectivity index (χ0v) is 22.0. The van der Waals surface area contributed by atoms with Crippen molar-refractivity contribution in [1.82, 2.24) is 30.1 Å². The number of aryl methyl sites for hydroxylation is 2. The van der Waals surface area contributed by atoms with Crippen LogP contribution in [0.4, 0.5) is 5.69 Å². The van der Waals surface area contributed by atoms with Gasteiger partial charge in [0.1, 0.15) is 6.04 Å². The highest BCUT2D eigenvalue weighted by Crippen LogP contribution is 2.32. The van der Waals surface area contributed by atoms with E-state index in [1.165, 1.54) is 16.8 Å². The minimum atomic E-state index is -0.353. The molecule has 0 bridgehead atoms. The van der Waals surface area contributed by atoms with Crippen LogP contribution >= 0.6 is 0 Å². The van der Waals surface area contributed by atoms with Gasteiger partial charge in [0.2, 0.25) is 0 Å². The molecule has 0 radical (unpaired) electrons. The van der Waals surface area contributed by atoms with E-state index in [1.54, 1.807) is 0 Å². The summed E-state index contributed by atoms with van der Waals surface area (Å²) in [5, 5.41) is 13.8. The van der Waals surface area contributed by atoms with Crippen molar-refractivity contribution in [3.05, 3.63) is 80.9 Å². The number of nitrogens with zero attached hydrogens (tertiary/aromatic N) is 6. The predicted octanol–water partition coefficient (Wildman–Crippen LogP) is 4.11. The Bertz CT molecular complexity index is 1460. The van der Waals surface area contributed by atoms with Gasteiger partial charge in [-0.05, 0) is 92.7 Å². The van der Waals surface area contributed by atoms with E-state index >= 15 is 0 Å². The lowest BCUT2D eigenvalue weighted by Crippen LogP contribution is -2.49. The van der Waals surface area contributed by atoms with Gasteiger partial charge in [-0.3, -0.25) is 9.69 Å². The van der Waals surface area contributed by atoms with Gasteiger partial charge >= 0.3 is 0 Å². The largest absolute Gasteiger partial charge is 0.369 e. The Kier molecular flexibility index (Phi) is 6.16. The second-order valence-electron chi connectivity index (χ2n) is 10.9. The Balaban J connectivity index is 1.56. The third-order valence-electron chi connectivity index (χ3n) is 7.29. The summed E-state index contributed by atoms with van der Waals surface area (Å²) in [6, 6.07) is 14.2. The zero-order valence-electron chi connectivity index (χ0n) is 22.0. The van der Waals surface area contributed by atoms with Crippen molar-refractivity contribution in [3.8, 4) is 0 Å². The number of pyridine rings is 1. The highest BCUT2D eigenvalue weighted by atomic mass is 16.1. The number of hydrogen-bond acceptors (Lipinski definition) is 6. The van der Waals surface area contributed by atoms with Crippen molar-refractivity contribution in [3.63, 3.8) is 0 Å². The van der Waals surface area contributed by atoms with E-state index < -0.39 is 0 Å². The van der Waals surface area contributed by atoms with Crippen molar-refractivity contribution < 1.29 is 0 Å². The third kappa shape index (κ3) is 4.41. The minimum absolute atomic E-state index is 0.100. The molecule has 0 unspecified atom stereocenters. The van der Waals surface area contributed by atoms with E-state index in [0.29, 0.717) is 11.4 Å². The summed E-state index contributed by atoms with van der Waals surface area (Å²) in [6.45, 7) is 16.0. The number of fused-ring (bicyclic) bond motifs is 1. The maximum atomic E-state index is 13.5. The highest BCUT2D eigenvalue weighted by Gasteiger charge is 2.35. The van der Waals surface area contributed by atoms with Gasteiger partial charge in [-0.2, -0.15) is 0 Å². The first-order valence-electron chi connectivity index (χ1n) is 12.6. The Labute approximate surface area is 211 Å². The molecule has 5 rings (SSSR count). The van der Waals surface area contributed by atoms with E-state index in [2.05, 4.69) is 96.1 Å². The molecule has 4 aromatic rings. The Morgan fingerprint density at radius 3 is 2.44 bits per heavy atom. The molecule has 1 atom stereocenters. The summed E-state index contributed by atoms with van der Waals surface area (Å²) in [5.41, 5.74) is 6.14. The molecular weight excluding hydrogens is 450 g/mol. The lowest BCUT2D eigenvalue weighted by molar-refractivity contribution is 0.190. The van der Waals surface area contributed by atoms with Gasteiger partial charge < -0.3 is 9.88 Å². The summed E-state index contributed by atoms with van der Waals surface area (Å²) in [7, 11) is 0. The fourth-order valence-corrected chi connectivity index (χ4v) is 5.19.